The van der Waals surface area contributed by atoms with Crippen molar-refractivity contribution < 1.29 is 14.5 Å². The smallest absolute Gasteiger partial charge is 0.406 e. The summed E-state index contributed by atoms with van der Waals surface area (Å²) in [5.74, 6) is -0.861. The van der Waals surface area contributed by atoms with Crippen molar-refractivity contribution in [2.24, 2.45) is 0 Å². The van der Waals surface area contributed by atoms with Gasteiger partial charge in [0.15, 0.2) is 6.10 Å². The number of nitro groups is 1. The van der Waals surface area contributed by atoms with Crippen LogP contribution < -0.4 is 10.1 Å². The average Bonchev–Trinajstić information content (AvgIpc) is 2.55. The molecule has 2 rings (SSSR count). The molecule has 8 heteroatoms. The second kappa shape index (κ2) is 7.59. The highest BCUT2D eigenvalue weighted by Gasteiger charge is 2.22. The molecule has 7 nitrogen and oxygen atoms in total. The molecule has 1 heterocycles. The van der Waals surface area contributed by atoms with Crippen molar-refractivity contribution in [3.05, 3.63) is 52.7 Å². The van der Waals surface area contributed by atoms with E-state index in [2.05, 4.69) is 10.3 Å². The van der Waals surface area contributed by atoms with Gasteiger partial charge in [-0.1, -0.05) is 12.1 Å². The van der Waals surface area contributed by atoms with Crippen LogP contribution in [-0.4, -0.2) is 28.2 Å². The zero-order chi connectivity index (χ0) is 16.8. The van der Waals surface area contributed by atoms with Gasteiger partial charge in [-0.25, -0.2) is 0 Å². The first-order chi connectivity index (χ1) is 11.0. The zero-order valence-corrected chi connectivity index (χ0v) is 13.4. The van der Waals surface area contributed by atoms with Crippen LogP contribution >= 0.6 is 11.8 Å². The fraction of sp³-hybridized carbons (Fsp3) is 0.200. The van der Waals surface area contributed by atoms with Gasteiger partial charge < -0.3 is 20.2 Å². The number of rotatable bonds is 6. The fourth-order valence-corrected chi connectivity index (χ4v) is 2.39. The van der Waals surface area contributed by atoms with Gasteiger partial charge in [0, 0.05) is 4.90 Å². The molecule has 1 atom stereocenters. The van der Waals surface area contributed by atoms with Crippen molar-refractivity contribution in [1.82, 2.24) is 4.98 Å². The van der Waals surface area contributed by atoms with E-state index in [1.807, 2.05) is 24.5 Å². The molecule has 1 N–H and O–H groups in total. The summed E-state index contributed by atoms with van der Waals surface area (Å²) >= 11 is 1.50. The third kappa shape index (κ3) is 4.19. The second-order valence-electron chi connectivity index (χ2n) is 4.53. The number of thioether (sulfide) groups is 1. The number of anilines is 1. The maximum absolute atomic E-state index is 12.2. The lowest BCUT2D eigenvalue weighted by molar-refractivity contribution is -0.390. The average molecular weight is 333 g/mol. The van der Waals surface area contributed by atoms with Crippen LogP contribution in [0.3, 0.4) is 0 Å². The van der Waals surface area contributed by atoms with E-state index in [0.717, 1.165) is 4.90 Å². The predicted octanol–water partition coefficient (Wildman–Crippen LogP) is 3.12. The Hall–Kier alpha value is -2.61. The van der Waals surface area contributed by atoms with Gasteiger partial charge in [0.1, 0.15) is 6.20 Å². The molecule has 0 spiro atoms. The van der Waals surface area contributed by atoms with Crippen LogP contribution in [0.2, 0.25) is 0 Å². The Kier molecular flexibility index (Phi) is 5.53. The molecule has 0 aliphatic heterocycles. The normalized spacial score (nSPS) is 11.6. The van der Waals surface area contributed by atoms with E-state index in [1.54, 1.807) is 6.07 Å². The van der Waals surface area contributed by atoms with Crippen molar-refractivity contribution in [3.8, 4) is 5.75 Å². The lowest BCUT2D eigenvalue weighted by atomic mass is 10.3. The molecule has 0 bridgehead atoms. The molecule has 0 unspecified atom stereocenters. The Morgan fingerprint density at radius 3 is 2.78 bits per heavy atom. The topological polar surface area (TPSA) is 94.4 Å². The van der Waals surface area contributed by atoms with E-state index in [9.17, 15) is 14.9 Å². The molecule has 120 valence electrons. The first kappa shape index (κ1) is 16.8. The van der Waals surface area contributed by atoms with Crippen LogP contribution in [0, 0.1) is 10.1 Å². The molecule has 1 aromatic heterocycles. The predicted molar refractivity (Wildman–Crippen MR) is 87.8 cm³/mol. The summed E-state index contributed by atoms with van der Waals surface area (Å²) in [7, 11) is 0. The molecule has 1 aromatic carbocycles. The van der Waals surface area contributed by atoms with E-state index in [-0.39, 0.29) is 5.75 Å². The first-order valence-corrected chi connectivity index (χ1v) is 7.95. The molecule has 0 aliphatic carbocycles. The molecule has 0 saturated heterocycles. The van der Waals surface area contributed by atoms with Gasteiger partial charge in [-0.15, -0.1) is 11.8 Å². The Morgan fingerprint density at radius 1 is 1.35 bits per heavy atom. The van der Waals surface area contributed by atoms with Crippen LogP contribution in [0.25, 0.3) is 0 Å². The van der Waals surface area contributed by atoms with Gasteiger partial charge in [0.25, 0.3) is 5.91 Å². The lowest BCUT2D eigenvalue weighted by Gasteiger charge is -2.15. The molecule has 23 heavy (non-hydrogen) atoms. The molecule has 1 amide bonds. The quantitative estimate of drug-likeness (QED) is 0.496. The van der Waals surface area contributed by atoms with E-state index < -0.39 is 22.8 Å². The van der Waals surface area contributed by atoms with Gasteiger partial charge in [0.2, 0.25) is 5.75 Å². The van der Waals surface area contributed by atoms with E-state index in [0.29, 0.717) is 5.69 Å². The SMILES string of the molecule is CSc1ccccc1NC(=O)[C@@H](C)Oc1cccnc1[N+](=O)[O-]. The number of carbonyl (C=O) groups excluding carboxylic acids is 1. The highest BCUT2D eigenvalue weighted by molar-refractivity contribution is 7.98. The maximum atomic E-state index is 12.2. The Bertz CT molecular complexity index is 723. The number of ether oxygens (including phenoxy) is 1. The highest BCUT2D eigenvalue weighted by Crippen LogP contribution is 2.26. The summed E-state index contributed by atoms with van der Waals surface area (Å²) in [5, 5.41) is 13.7. The van der Waals surface area contributed by atoms with E-state index >= 15 is 0 Å². The number of hydrogen-bond donors (Lipinski definition) is 1. The summed E-state index contributed by atoms with van der Waals surface area (Å²) in [6.07, 6.45) is 2.29. The minimum atomic E-state index is -0.909. The maximum Gasteiger partial charge on any atom is 0.406 e. The van der Waals surface area contributed by atoms with Gasteiger partial charge in [-0.05, 0) is 47.4 Å². The molecule has 0 saturated carbocycles. The van der Waals surface area contributed by atoms with Crippen molar-refractivity contribution in [1.29, 1.82) is 0 Å². The second-order valence-corrected chi connectivity index (χ2v) is 5.38. The third-order valence-electron chi connectivity index (χ3n) is 2.96. The van der Waals surface area contributed by atoms with Gasteiger partial charge >= 0.3 is 5.82 Å². The van der Waals surface area contributed by atoms with Crippen LogP contribution in [0.15, 0.2) is 47.5 Å². The van der Waals surface area contributed by atoms with Crippen molar-refractivity contribution in [2.75, 3.05) is 11.6 Å². The standard InChI is InChI=1S/C15H15N3O4S/c1-10(22-12-7-5-9-16-14(12)18(20)21)15(19)17-11-6-3-4-8-13(11)23-2/h3-10H,1-2H3,(H,17,19)/t10-/m1/s1. The van der Waals surface area contributed by atoms with Crippen molar-refractivity contribution in [2.45, 2.75) is 17.9 Å². The van der Waals surface area contributed by atoms with Crippen molar-refractivity contribution >= 4 is 29.2 Å². The van der Waals surface area contributed by atoms with E-state index in [1.165, 1.54) is 37.0 Å². The zero-order valence-electron chi connectivity index (χ0n) is 12.6. The summed E-state index contributed by atoms with van der Waals surface area (Å²) in [6.45, 7) is 1.52. The number of hydrogen-bond acceptors (Lipinski definition) is 6. The van der Waals surface area contributed by atoms with Gasteiger partial charge in [-0.3, -0.25) is 4.79 Å². The molecular formula is C15H15N3O4S. The van der Waals surface area contributed by atoms with Gasteiger partial charge in [0.05, 0.1) is 5.69 Å². The van der Waals surface area contributed by atoms with Crippen LogP contribution in [0.1, 0.15) is 6.92 Å². The highest BCUT2D eigenvalue weighted by atomic mass is 32.2. The Balaban J connectivity index is 2.10. The van der Waals surface area contributed by atoms with Crippen molar-refractivity contribution in [3.63, 3.8) is 0 Å². The fourth-order valence-electron chi connectivity index (χ4n) is 1.84. The summed E-state index contributed by atoms with van der Waals surface area (Å²) < 4.78 is 5.39. The lowest BCUT2D eigenvalue weighted by Crippen LogP contribution is -2.30. The number of nitrogens with zero attached hydrogens (tertiary/aromatic N) is 2. The molecule has 0 radical (unpaired) electrons. The number of amides is 1. The monoisotopic (exact) mass is 333 g/mol. The number of nitrogens with one attached hydrogen (secondary N) is 1. The van der Waals surface area contributed by atoms with Crippen LogP contribution in [0.4, 0.5) is 11.5 Å². The summed E-state index contributed by atoms with van der Waals surface area (Å²) in [6, 6.07) is 10.3. The number of para-hydroxylation sites is 1. The van der Waals surface area contributed by atoms with Crippen LogP contribution in [0.5, 0.6) is 5.75 Å². The largest absolute Gasteiger partial charge is 0.473 e. The number of pyridine rings is 1. The molecule has 0 aliphatic rings. The minimum absolute atomic E-state index is 0.0432. The van der Waals surface area contributed by atoms with Gasteiger partial charge in [-0.2, -0.15) is 0 Å². The van der Waals surface area contributed by atoms with Crippen LogP contribution in [-0.2, 0) is 4.79 Å². The summed E-state index contributed by atoms with van der Waals surface area (Å²) in [5.41, 5.74) is 0.668. The number of benzene rings is 1. The minimum Gasteiger partial charge on any atom is -0.473 e. The Labute approximate surface area is 137 Å². The van der Waals surface area contributed by atoms with E-state index in [4.69, 9.17) is 4.74 Å². The third-order valence-corrected chi connectivity index (χ3v) is 3.76. The number of aromatic nitrogens is 1. The summed E-state index contributed by atoms with van der Waals surface area (Å²) in [4.78, 5) is 27.0. The first-order valence-electron chi connectivity index (χ1n) is 6.73. The molecular weight excluding hydrogens is 318 g/mol. The molecule has 0 fully saturated rings. The number of carbonyl (C=O) groups is 1. The Morgan fingerprint density at radius 2 is 2.09 bits per heavy atom. The molecule has 2 aromatic rings.